The van der Waals surface area contributed by atoms with Crippen molar-refractivity contribution in [3.63, 3.8) is 0 Å². The predicted octanol–water partition coefficient (Wildman–Crippen LogP) is 12.4. The van der Waals surface area contributed by atoms with Crippen molar-refractivity contribution in [3.8, 4) is 0 Å². The van der Waals surface area contributed by atoms with Crippen LogP contribution in [0.5, 0.6) is 0 Å². The Labute approximate surface area is 592 Å². The Morgan fingerprint density at radius 3 is 0.500 bits per heavy atom. The monoisotopic (exact) mass is 1410 g/mol. The zero-order valence-corrected chi connectivity index (χ0v) is 55.1. The molecule has 0 aromatic heterocycles. The number of fused-ring (bicyclic) bond motifs is 19. The van der Waals surface area contributed by atoms with E-state index in [2.05, 4.69) is 61.9 Å². The first-order valence-corrected chi connectivity index (χ1v) is 33.3. The van der Waals surface area contributed by atoms with Crippen molar-refractivity contribution in [3.05, 3.63) is 287 Å². The van der Waals surface area contributed by atoms with Gasteiger partial charge in [-0.05, 0) is 38.5 Å². The summed E-state index contributed by atoms with van der Waals surface area (Å²) in [7, 11) is -20.6. The van der Waals surface area contributed by atoms with Crippen molar-refractivity contribution in [1.29, 1.82) is 0 Å². The maximum Gasteiger partial charge on any atom is 0.812 e. The number of piperidine rings is 2. The van der Waals surface area contributed by atoms with Gasteiger partial charge in [0.15, 0.2) is 23.1 Å². The van der Waals surface area contributed by atoms with Crippen LogP contribution in [0.1, 0.15) is 83.0 Å². The van der Waals surface area contributed by atoms with Crippen LogP contribution in [0.3, 0.4) is 0 Å². The van der Waals surface area contributed by atoms with Gasteiger partial charge in [-0.1, -0.05) is 243 Å². The van der Waals surface area contributed by atoms with Crippen molar-refractivity contribution in [2.45, 2.75) is 38.5 Å². The molecule has 34 heteroatoms. The lowest BCUT2D eigenvalue weighted by Gasteiger charge is -2.36. The fraction of sp³-hybridized carbons (Fsp3) is 0.143. The molecule has 4 unspecified atom stereocenters. The van der Waals surface area contributed by atoms with E-state index in [1.54, 1.807) is 243 Å². The molecule has 0 N–H and O–H groups in total. The van der Waals surface area contributed by atoms with Crippen molar-refractivity contribution < 1.29 is 74.3 Å². The van der Waals surface area contributed by atoms with Crippen LogP contribution in [0.15, 0.2) is 305 Å². The standard InChI is InChI=1S/C70H60B4F4N14O12/c75-71-93-79-59(51-31-11-1-12-32-51)63(55-39-19-5-20-40-55)83-97-73(77,98-84-64(56-41-21-6-22-42-56)60(80-94-71)52-33-13-2-14-34-52)103-89-69(91-47-27-9-28-48-91)67(87-101-71)68-70(92-49-29-10-30-50-92)90-104-74(78)99-85-65(57-43-23-7-24-44-57)61(53-35-15-3-16-36-53)81-95-72(76,102-88-68)96-82-62(54-37-17-4-18-38-54)66(86-100-74)58-45-25-8-26-46-58/h1-8,11-26,31-46H,9-10,27-30,47-50H2/q-4/b79-59+,80-60?,81-61+,82-62?,83-63+,84-64+,85-65+,86-66+,87-67+,88-68+,89-69?,90-70?. The molecule has 0 saturated carbocycles. The minimum absolute atomic E-state index is 0.0378. The average molecular weight is 1410 g/mol. The van der Waals surface area contributed by atoms with Crippen LogP contribution in [0.25, 0.3) is 0 Å². The molecule has 16 rings (SSSR count). The molecule has 26 nitrogen and oxygen atoms in total. The molecule has 4 atom stereocenters. The molecule has 0 spiro atoms. The normalized spacial score (nSPS) is 26.8. The molecule has 0 amide bonds. The van der Waals surface area contributed by atoms with Crippen LogP contribution in [-0.4, -0.2) is 133 Å². The van der Waals surface area contributed by atoms with E-state index in [0.29, 0.717) is 38.5 Å². The van der Waals surface area contributed by atoms with Crippen LogP contribution < -0.4 is 0 Å². The summed E-state index contributed by atoms with van der Waals surface area (Å²) in [5.41, 5.74) is -2.88. The van der Waals surface area contributed by atoms with Gasteiger partial charge in [0, 0.05) is 70.7 Å². The molecule has 8 aliphatic heterocycles. The van der Waals surface area contributed by atoms with Crippen LogP contribution in [-0.2, 0) is 57.1 Å². The summed E-state index contributed by atoms with van der Waals surface area (Å²) in [6.07, 6.45) is 2.95. The number of oxime groups is 12. The van der Waals surface area contributed by atoms with Gasteiger partial charge in [-0.2, -0.15) is 0 Å². The Bertz CT molecular complexity index is 4210. The second-order valence-corrected chi connectivity index (χ2v) is 23.7. The number of likely N-dealkylation sites (tertiary alicyclic amines) is 2. The lowest BCUT2D eigenvalue weighted by atomic mass is 10.00. The van der Waals surface area contributed by atoms with E-state index in [4.69, 9.17) is 57.1 Å². The topological polar surface area (TPSA) is 266 Å². The largest absolute Gasteiger partial charge is 0.812 e. The van der Waals surface area contributed by atoms with Crippen LogP contribution >= 0.6 is 0 Å². The quantitative estimate of drug-likeness (QED) is 0.0961. The van der Waals surface area contributed by atoms with Gasteiger partial charge in [-0.15, -0.1) is 61.9 Å². The third kappa shape index (κ3) is 16.1. The second kappa shape index (κ2) is 31.3. The van der Waals surface area contributed by atoms with E-state index < -0.39 is 51.2 Å². The summed E-state index contributed by atoms with van der Waals surface area (Å²) in [6, 6.07) is 64.7. The summed E-state index contributed by atoms with van der Waals surface area (Å²) < 4.78 is 148. The summed E-state index contributed by atoms with van der Waals surface area (Å²) in [5, 5.41) is 52.2. The van der Waals surface area contributed by atoms with Crippen molar-refractivity contribution >= 4 is 96.9 Å². The Morgan fingerprint density at radius 2 is 0.337 bits per heavy atom. The Balaban J connectivity index is 1.04. The average Bonchev–Trinajstić information content (AvgIpc) is 0.765. The maximum absolute atomic E-state index is 19.4. The fourth-order valence-corrected chi connectivity index (χ4v) is 11.3. The summed E-state index contributed by atoms with van der Waals surface area (Å²) >= 11 is 0. The van der Waals surface area contributed by atoms with Gasteiger partial charge < -0.3 is 84.1 Å². The Morgan fingerprint density at radius 1 is 0.192 bits per heavy atom. The molecule has 8 aliphatic rings. The van der Waals surface area contributed by atoms with Gasteiger partial charge in [0.05, 0.1) is 0 Å². The lowest BCUT2D eigenvalue weighted by molar-refractivity contribution is 0.0203. The molecule has 4 bridgehead atoms. The molecule has 2 fully saturated rings. The minimum Gasteiger partial charge on any atom is -0.509 e. The highest BCUT2D eigenvalue weighted by atomic mass is 19.1. The smallest absolute Gasteiger partial charge is 0.509 e. The van der Waals surface area contributed by atoms with Crippen LogP contribution in [0.2, 0.25) is 0 Å². The van der Waals surface area contributed by atoms with Crippen molar-refractivity contribution in [2.75, 3.05) is 26.2 Å². The molecule has 8 aromatic rings. The third-order valence-electron chi connectivity index (χ3n) is 16.5. The molecule has 8 aromatic carbocycles. The number of rotatable bonds is 9. The zero-order chi connectivity index (χ0) is 71.0. The third-order valence-corrected chi connectivity index (χ3v) is 16.5. The van der Waals surface area contributed by atoms with E-state index in [-0.39, 0.29) is 116 Å². The van der Waals surface area contributed by atoms with E-state index in [0.717, 1.165) is 0 Å². The maximum atomic E-state index is 19.4. The summed E-state index contributed by atoms with van der Waals surface area (Å²) in [4.78, 5) is 2.96. The molecule has 526 valence electrons. The Hall–Kier alpha value is -13.0. The number of nitrogens with zero attached hydrogens (tertiary/aromatic N) is 14. The van der Waals surface area contributed by atoms with E-state index in [1.807, 2.05) is 0 Å². The van der Waals surface area contributed by atoms with Crippen molar-refractivity contribution in [1.82, 2.24) is 9.80 Å². The molecular weight excluding hydrogens is 1350 g/mol. The van der Waals surface area contributed by atoms with Gasteiger partial charge >= 0.3 is 28.1 Å². The highest BCUT2D eigenvalue weighted by Gasteiger charge is 2.49. The molecule has 0 radical (unpaired) electrons. The fourth-order valence-electron chi connectivity index (χ4n) is 11.3. The van der Waals surface area contributed by atoms with E-state index in [1.165, 1.54) is 9.80 Å². The van der Waals surface area contributed by atoms with Gasteiger partial charge in [0.2, 0.25) is 0 Å². The molecular formula is C70H60B4F4N14O12-4. The van der Waals surface area contributed by atoms with Gasteiger partial charge in [-0.25, -0.2) is 0 Å². The van der Waals surface area contributed by atoms with E-state index >= 15 is 17.3 Å². The number of benzene rings is 8. The number of hydrogen-bond donors (Lipinski definition) is 0. The molecule has 2 saturated heterocycles. The second-order valence-electron chi connectivity index (χ2n) is 23.7. The number of hydrogen-bond acceptors (Lipinski definition) is 26. The van der Waals surface area contributed by atoms with Crippen molar-refractivity contribution in [2.24, 2.45) is 61.9 Å². The summed E-state index contributed by atoms with van der Waals surface area (Å²) in [6.45, 7) is 0.151. The number of halogens is 4. The predicted molar refractivity (Wildman–Crippen MR) is 385 cm³/mol. The number of amidine groups is 2. The Kier molecular flexibility index (Phi) is 20.5. The van der Waals surface area contributed by atoms with Crippen LogP contribution in [0, 0.1) is 0 Å². The first-order chi connectivity index (χ1) is 51.0. The molecule has 0 aliphatic carbocycles. The highest BCUT2D eigenvalue weighted by Crippen LogP contribution is 2.29. The van der Waals surface area contributed by atoms with Crippen LogP contribution in [0.4, 0.5) is 17.3 Å². The van der Waals surface area contributed by atoms with Gasteiger partial charge in [0.1, 0.15) is 45.7 Å². The molecule has 104 heavy (non-hydrogen) atoms. The zero-order valence-electron chi connectivity index (χ0n) is 55.1. The first kappa shape index (κ1) is 68.1. The summed E-state index contributed by atoms with van der Waals surface area (Å²) in [5.74, 6) is -1.31. The first-order valence-electron chi connectivity index (χ1n) is 33.3. The minimum atomic E-state index is -5.22. The van der Waals surface area contributed by atoms with Gasteiger partial charge in [0.25, 0.3) is 0 Å². The lowest BCUT2D eigenvalue weighted by Crippen LogP contribution is -2.51. The molecule has 8 heterocycles. The van der Waals surface area contributed by atoms with E-state index in [9.17, 15) is 0 Å². The SMILES string of the molecule is F[B-]12ON=C(c3ccccc3)/C(c3ccccc3)=N/O[B-](F)(ON=C(N3CCCCC3)C(/C3=N\O[B-]4(F)ON=C(c5ccccc5)/C(c5ccccc5)=N/O[B-](F)(ON=C3N3CCCCC3)O/N=C(c3ccccc3)/C(c3ccccc3)=N/O4)=N/O1)O/N=C(c1ccccc1)/C(c1ccccc1)=N/O2. The highest BCUT2D eigenvalue weighted by molar-refractivity contribution is 6.82. The van der Waals surface area contributed by atoms with Gasteiger partial charge in [-0.3, -0.25) is 0 Å².